The average molecular weight is 451 g/mol. The Labute approximate surface area is 193 Å². The third kappa shape index (κ3) is 5.90. The first kappa shape index (κ1) is 22.8. The summed E-state index contributed by atoms with van der Waals surface area (Å²) in [6.07, 6.45) is 2.21. The summed E-state index contributed by atoms with van der Waals surface area (Å²) in [6.45, 7) is 2.70. The van der Waals surface area contributed by atoms with Crippen LogP contribution in [0.15, 0.2) is 48.5 Å². The molecule has 0 saturated carbocycles. The van der Waals surface area contributed by atoms with Gasteiger partial charge in [0.25, 0.3) is 5.91 Å². The van der Waals surface area contributed by atoms with Crippen LogP contribution in [0.1, 0.15) is 41.6 Å². The summed E-state index contributed by atoms with van der Waals surface area (Å²) >= 11 is 0. The Kier molecular flexibility index (Phi) is 7.24. The molecule has 3 N–H and O–H groups in total. The summed E-state index contributed by atoms with van der Waals surface area (Å²) in [6, 6.07) is 14.4. The lowest BCUT2D eigenvalue weighted by Gasteiger charge is -2.32. The smallest absolute Gasteiger partial charge is 0.254 e. The number of fused-ring (bicyclic) bond motifs is 1. The van der Waals surface area contributed by atoms with Gasteiger partial charge in [-0.1, -0.05) is 24.3 Å². The second kappa shape index (κ2) is 10.5. The number of nitrogens with one attached hydrogen (secondary N) is 3. The van der Waals surface area contributed by atoms with Crippen molar-refractivity contribution in [1.82, 2.24) is 15.5 Å². The van der Waals surface area contributed by atoms with E-state index in [-0.39, 0.29) is 36.6 Å². The van der Waals surface area contributed by atoms with Gasteiger partial charge in [-0.05, 0) is 49.1 Å². The van der Waals surface area contributed by atoms with Crippen molar-refractivity contribution in [2.24, 2.45) is 0 Å². The van der Waals surface area contributed by atoms with E-state index in [9.17, 15) is 14.4 Å². The number of hydrogen-bond acceptors (Lipinski definition) is 5. The molecule has 4 rings (SSSR count). The van der Waals surface area contributed by atoms with Crippen molar-refractivity contribution in [3.63, 3.8) is 0 Å². The topological polar surface area (TPSA) is 99.8 Å². The summed E-state index contributed by atoms with van der Waals surface area (Å²) in [5.74, 6) is 0.157. The third-order valence-electron chi connectivity index (χ3n) is 6.23. The molecule has 0 unspecified atom stereocenters. The molecule has 33 heavy (non-hydrogen) atoms. The van der Waals surface area contributed by atoms with Crippen LogP contribution in [0.2, 0.25) is 0 Å². The SMILES string of the molecule is COc1ccc(CN2CCC(NC(=O)CC[C@@H]3NC(=O)c4ccccc4NC3=O)CC2)cc1. The average Bonchev–Trinajstić information content (AvgIpc) is 2.95. The molecule has 1 atom stereocenters. The highest BCUT2D eigenvalue weighted by Crippen LogP contribution is 2.20. The number of amides is 3. The van der Waals surface area contributed by atoms with Crippen LogP contribution in [-0.2, 0) is 16.1 Å². The van der Waals surface area contributed by atoms with Crippen molar-refractivity contribution >= 4 is 23.4 Å². The number of para-hydroxylation sites is 1. The Morgan fingerprint density at radius 3 is 2.55 bits per heavy atom. The maximum atomic E-state index is 12.5. The number of nitrogens with zero attached hydrogens (tertiary/aromatic N) is 1. The van der Waals surface area contributed by atoms with E-state index in [1.807, 2.05) is 12.1 Å². The largest absolute Gasteiger partial charge is 0.497 e. The molecule has 0 bridgehead atoms. The predicted molar refractivity (Wildman–Crippen MR) is 125 cm³/mol. The van der Waals surface area contributed by atoms with Gasteiger partial charge in [0.2, 0.25) is 11.8 Å². The van der Waals surface area contributed by atoms with Gasteiger partial charge in [0.15, 0.2) is 0 Å². The lowest BCUT2D eigenvalue weighted by atomic mass is 10.0. The molecule has 0 radical (unpaired) electrons. The molecule has 8 nitrogen and oxygen atoms in total. The Hall–Kier alpha value is -3.39. The predicted octanol–water partition coefficient (Wildman–Crippen LogP) is 2.31. The lowest BCUT2D eigenvalue weighted by molar-refractivity contribution is -0.122. The maximum Gasteiger partial charge on any atom is 0.254 e. The van der Waals surface area contributed by atoms with Crippen molar-refractivity contribution < 1.29 is 19.1 Å². The van der Waals surface area contributed by atoms with Crippen molar-refractivity contribution in [3.05, 3.63) is 59.7 Å². The second-order valence-electron chi connectivity index (χ2n) is 8.57. The van der Waals surface area contributed by atoms with E-state index < -0.39 is 6.04 Å². The first-order valence-electron chi connectivity index (χ1n) is 11.4. The van der Waals surface area contributed by atoms with Gasteiger partial charge in [-0.25, -0.2) is 0 Å². The highest BCUT2D eigenvalue weighted by atomic mass is 16.5. The van der Waals surface area contributed by atoms with E-state index in [0.29, 0.717) is 11.3 Å². The molecular weight excluding hydrogens is 420 g/mol. The van der Waals surface area contributed by atoms with Crippen LogP contribution in [0, 0.1) is 0 Å². The molecule has 0 aliphatic carbocycles. The van der Waals surface area contributed by atoms with E-state index in [1.54, 1.807) is 31.4 Å². The van der Waals surface area contributed by atoms with Crippen LogP contribution in [0.5, 0.6) is 5.75 Å². The minimum Gasteiger partial charge on any atom is -0.497 e. The molecule has 2 aliphatic heterocycles. The molecule has 1 fully saturated rings. The fourth-order valence-corrected chi connectivity index (χ4v) is 4.31. The van der Waals surface area contributed by atoms with Crippen LogP contribution in [0.3, 0.4) is 0 Å². The number of ether oxygens (including phenoxy) is 1. The zero-order valence-corrected chi connectivity index (χ0v) is 18.8. The Morgan fingerprint density at radius 1 is 1.09 bits per heavy atom. The number of likely N-dealkylation sites (tertiary alicyclic amines) is 1. The van der Waals surface area contributed by atoms with Crippen molar-refractivity contribution in [2.45, 2.75) is 44.3 Å². The summed E-state index contributed by atoms with van der Waals surface area (Å²) in [5.41, 5.74) is 2.16. The molecular formula is C25H30N4O4. The van der Waals surface area contributed by atoms with Gasteiger partial charge in [0, 0.05) is 32.1 Å². The minimum absolute atomic E-state index is 0.0904. The van der Waals surface area contributed by atoms with E-state index in [1.165, 1.54) is 5.56 Å². The number of anilines is 1. The van der Waals surface area contributed by atoms with Gasteiger partial charge in [-0.2, -0.15) is 0 Å². The fraction of sp³-hybridized carbons (Fsp3) is 0.400. The van der Waals surface area contributed by atoms with Crippen molar-refractivity contribution in [3.8, 4) is 5.75 Å². The summed E-state index contributed by atoms with van der Waals surface area (Å²) in [4.78, 5) is 39.8. The van der Waals surface area contributed by atoms with Crippen LogP contribution >= 0.6 is 0 Å². The highest BCUT2D eigenvalue weighted by molar-refractivity contribution is 6.09. The molecule has 2 aromatic carbocycles. The van der Waals surface area contributed by atoms with Gasteiger partial charge in [0.05, 0.1) is 18.4 Å². The molecule has 0 spiro atoms. The normalized spacial score (nSPS) is 19.1. The molecule has 1 saturated heterocycles. The zero-order chi connectivity index (χ0) is 23.2. The van der Waals surface area contributed by atoms with Crippen LogP contribution in [0.25, 0.3) is 0 Å². The van der Waals surface area contributed by atoms with Crippen LogP contribution in [0.4, 0.5) is 5.69 Å². The Morgan fingerprint density at radius 2 is 1.82 bits per heavy atom. The first-order chi connectivity index (χ1) is 16.0. The summed E-state index contributed by atoms with van der Waals surface area (Å²) < 4.78 is 5.20. The Balaban J connectivity index is 1.20. The molecule has 8 heteroatoms. The number of carbonyl (C=O) groups excluding carboxylic acids is 3. The molecule has 3 amide bonds. The fourth-order valence-electron chi connectivity index (χ4n) is 4.31. The van der Waals surface area contributed by atoms with E-state index in [4.69, 9.17) is 4.74 Å². The van der Waals surface area contributed by atoms with Gasteiger partial charge < -0.3 is 20.7 Å². The Bertz CT molecular complexity index is 1000. The first-order valence-corrected chi connectivity index (χ1v) is 11.4. The number of benzene rings is 2. The second-order valence-corrected chi connectivity index (χ2v) is 8.57. The maximum absolute atomic E-state index is 12.5. The van der Waals surface area contributed by atoms with Crippen LogP contribution in [-0.4, -0.2) is 54.9 Å². The van der Waals surface area contributed by atoms with E-state index in [0.717, 1.165) is 38.2 Å². The van der Waals surface area contributed by atoms with Gasteiger partial charge in [0.1, 0.15) is 11.8 Å². The van der Waals surface area contributed by atoms with Gasteiger partial charge in [-0.15, -0.1) is 0 Å². The lowest BCUT2D eigenvalue weighted by Crippen LogP contribution is -2.45. The van der Waals surface area contributed by atoms with Gasteiger partial charge >= 0.3 is 0 Å². The number of carbonyl (C=O) groups is 3. The van der Waals surface area contributed by atoms with Crippen molar-refractivity contribution in [2.75, 3.05) is 25.5 Å². The number of hydrogen-bond donors (Lipinski definition) is 3. The summed E-state index contributed by atoms with van der Waals surface area (Å²) in [5, 5.41) is 8.60. The summed E-state index contributed by atoms with van der Waals surface area (Å²) in [7, 11) is 1.66. The number of rotatable bonds is 7. The number of methoxy groups -OCH3 is 1. The van der Waals surface area contributed by atoms with E-state index >= 15 is 0 Å². The molecule has 2 heterocycles. The monoisotopic (exact) mass is 450 g/mol. The molecule has 0 aromatic heterocycles. The zero-order valence-electron chi connectivity index (χ0n) is 18.8. The minimum atomic E-state index is -0.734. The van der Waals surface area contributed by atoms with Crippen LogP contribution < -0.4 is 20.7 Å². The highest BCUT2D eigenvalue weighted by Gasteiger charge is 2.28. The van der Waals surface area contributed by atoms with Gasteiger partial charge in [-0.3, -0.25) is 19.3 Å². The number of piperidine rings is 1. The molecule has 2 aromatic rings. The molecule has 174 valence electrons. The third-order valence-corrected chi connectivity index (χ3v) is 6.23. The van der Waals surface area contributed by atoms with E-state index in [2.05, 4.69) is 33.0 Å². The van der Waals surface area contributed by atoms with Crippen molar-refractivity contribution in [1.29, 1.82) is 0 Å². The standard InChI is InChI=1S/C25H30N4O4/c1-33-19-8-6-17(7-9-19)16-29-14-12-18(13-15-29)26-23(30)11-10-22-25(32)27-21-5-3-2-4-20(21)24(31)28-22/h2-9,18,22H,10-16H2,1H3,(H,26,30)(H,27,32)(H,28,31)/t22-/m0/s1. The quantitative estimate of drug-likeness (QED) is 0.601. The molecule has 2 aliphatic rings.